The second kappa shape index (κ2) is 3.57. The summed E-state index contributed by atoms with van der Waals surface area (Å²) >= 11 is 0. The number of benzene rings is 2. The predicted octanol–water partition coefficient (Wildman–Crippen LogP) is 2.61. The van der Waals surface area contributed by atoms with Crippen molar-refractivity contribution in [3.63, 3.8) is 0 Å². The molecule has 0 bridgehead atoms. The van der Waals surface area contributed by atoms with Crippen molar-refractivity contribution in [1.82, 2.24) is 4.98 Å². The van der Waals surface area contributed by atoms with Crippen LogP contribution in [-0.4, -0.2) is 10.8 Å². The van der Waals surface area contributed by atoms with Gasteiger partial charge in [0.05, 0.1) is 0 Å². The number of aromatic nitrogens is 1. The average molecular weight is 261 g/mol. The van der Waals surface area contributed by atoms with Crippen molar-refractivity contribution in [3.05, 3.63) is 53.9 Å². The van der Waals surface area contributed by atoms with Crippen LogP contribution in [0.25, 0.3) is 21.9 Å². The van der Waals surface area contributed by atoms with E-state index in [1.54, 1.807) is 12.3 Å². The highest BCUT2D eigenvalue weighted by atomic mass is 16.1. The molecule has 0 atom stereocenters. The summed E-state index contributed by atoms with van der Waals surface area (Å²) in [5.74, 6) is -0.0878. The van der Waals surface area contributed by atoms with Crippen LogP contribution in [0, 0.1) is 0 Å². The number of pyridine rings is 1. The normalized spacial score (nSPS) is 12.5. The molecule has 1 aromatic heterocycles. The molecule has 96 valence electrons. The van der Waals surface area contributed by atoms with E-state index >= 15 is 0 Å². The molecule has 0 fully saturated rings. The number of nitrogens with zero attached hydrogens (tertiary/aromatic N) is 1. The molecule has 3 aromatic rings. The summed E-state index contributed by atoms with van der Waals surface area (Å²) in [6, 6.07) is 11.0. The lowest BCUT2D eigenvalue weighted by molar-refractivity contribution is 0.103. The number of carbonyl (C=O) groups excluding carboxylic acids is 1. The maximum atomic E-state index is 12.6. The fourth-order valence-electron chi connectivity index (χ4n) is 2.88. The lowest BCUT2D eigenvalue weighted by atomic mass is 9.85. The summed E-state index contributed by atoms with van der Waals surface area (Å²) in [6.45, 7) is 0. The first-order chi connectivity index (χ1) is 9.65. The smallest absolute Gasteiger partial charge is 0.212 e. The number of ketones is 1. The molecule has 0 aliphatic heterocycles. The first kappa shape index (κ1) is 11.0. The second-order valence-corrected chi connectivity index (χ2v) is 4.96. The van der Waals surface area contributed by atoms with E-state index in [0.29, 0.717) is 22.6 Å². The van der Waals surface area contributed by atoms with Crippen LogP contribution in [0.2, 0.25) is 0 Å². The van der Waals surface area contributed by atoms with E-state index in [1.165, 1.54) is 0 Å². The third-order valence-electron chi connectivity index (χ3n) is 3.65. The van der Waals surface area contributed by atoms with Gasteiger partial charge in [-0.1, -0.05) is 6.07 Å². The van der Waals surface area contributed by atoms with Crippen LogP contribution in [0.1, 0.15) is 16.1 Å². The van der Waals surface area contributed by atoms with Crippen molar-refractivity contribution in [3.8, 4) is 11.1 Å². The van der Waals surface area contributed by atoms with Gasteiger partial charge in [-0.15, -0.1) is 0 Å². The first-order valence-corrected chi connectivity index (χ1v) is 6.28. The average Bonchev–Trinajstić information content (AvgIpc) is 2.43. The fourth-order valence-corrected chi connectivity index (χ4v) is 2.88. The number of hydrogen-bond donors (Lipinski definition) is 2. The van der Waals surface area contributed by atoms with E-state index in [1.807, 2.05) is 30.3 Å². The Balaban J connectivity index is 2.28. The van der Waals surface area contributed by atoms with Crippen LogP contribution in [0.15, 0.2) is 42.6 Å². The van der Waals surface area contributed by atoms with Gasteiger partial charge in [0.15, 0.2) is 0 Å². The van der Waals surface area contributed by atoms with E-state index in [9.17, 15) is 4.79 Å². The topological polar surface area (TPSA) is 82.0 Å². The molecule has 0 saturated carbocycles. The summed E-state index contributed by atoms with van der Waals surface area (Å²) < 4.78 is 0. The molecule has 20 heavy (non-hydrogen) atoms. The summed E-state index contributed by atoms with van der Waals surface area (Å²) in [7, 11) is 0. The number of fused-ring (bicyclic) bond motifs is 2. The maximum absolute atomic E-state index is 12.6. The molecule has 1 heterocycles. The van der Waals surface area contributed by atoms with Crippen LogP contribution in [-0.2, 0) is 0 Å². The maximum Gasteiger partial charge on any atom is 0.212 e. The quantitative estimate of drug-likeness (QED) is 0.477. The third kappa shape index (κ3) is 1.30. The van der Waals surface area contributed by atoms with Crippen LogP contribution in [0.5, 0.6) is 0 Å². The molecule has 0 unspecified atom stereocenters. The third-order valence-corrected chi connectivity index (χ3v) is 3.65. The van der Waals surface area contributed by atoms with Gasteiger partial charge >= 0.3 is 0 Å². The zero-order chi connectivity index (χ0) is 13.9. The predicted molar refractivity (Wildman–Crippen MR) is 79.4 cm³/mol. The largest absolute Gasteiger partial charge is 0.399 e. The number of anilines is 2. The molecule has 4 heteroatoms. The molecule has 4 rings (SSSR count). The molecule has 0 spiro atoms. The van der Waals surface area contributed by atoms with Gasteiger partial charge in [0.25, 0.3) is 0 Å². The Bertz CT molecular complexity index is 894. The minimum Gasteiger partial charge on any atom is -0.399 e. The summed E-state index contributed by atoms with van der Waals surface area (Å²) in [5.41, 5.74) is 15.9. The number of carbonyl (C=O) groups is 1. The molecule has 0 saturated heterocycles. The number of hydrogen-bond acceptors (Lipinski definition) is 4. The molecule has 4 nitrogen and oxygen atoms in total. The van der Waals surface area contributed by atoms with Crippen LogP contribution >= 0.6 is 0 Å². The van der Waals surface area contributed by atoms with Gasteiger partial charge < -0.3 is 11.5 Å². The van der Waals surface area contributed by atoms with Gasteiger partial charge in [0, 0.05) is 34.1 Å². The standard InChI is InChI=1S/C16H11N3O/c17-9-4-8-5-10(18)7-13-14(8)12(6-9)11-2-1-3-19-15(11)16(13)20/h1-7H,17-18H2. The Morgan fingerprint density at radius 1 is 0.900 bits per heavy atom. The molecule has 2 aromatic carbocycles. The Kier molecular flexibility index (Phi) is 1.96. The zero-order valence-corrected chi connectivity index (χ0v) is 10.6. The minimum atomic E-state index is -0.0878. The monoisotopic (exact) mass is 261 g/mol. The molecule has 1 aliphatic carbocycles. The van der Waals surface area contributed by atoms with Crippen LogP contribution in [0.3, 0.4) is 0 Å². The van der Waals surface area contributed by atoms with Gasteiger partial charge in [-0.2, -0.15) is 0 Å². The van der Waals surface area contributed by atoms with Crippen LogP contribution < -0.4 is 11.5 Å². The van der Waals surface area contributed by atoms with E-state index in [-0.39, 0.29) is 5.78 Å². The van der Waals surface area contributed by atoms with Crippen molar-refractivity contribution >= 4 is 27.9 Å². The first-order valence-electron chi connectivity index (χ1n) is 6.28. The van der Waals surface area contributed by atoms with Crippen molar-refractivity contribution in [2.24, 2.45) is 0 Å². The molecule has 0 radical (unpaired) electrons. The Labute approximate surface area is 115 Å². The van der Waals surface area contributed by atoms with Gasteiger partial charge in [0.2, 0.25) is 5.78 Å². The van der Waals surface area contributed by atoms with Gasteiger partial charge in [-0.25, -0.2) is 0 Å². The Hall–Kier alpha value is -2.88. The van der Waals surface area contributed by atoms with E-state index in [4.69, 9.17) is 11.5 Å². The lowest BCUT2D eigenvalue weighted by Crippen LogP contribution is -2.12. The van der Waals surface area contributed by atoms with Crippen molar-refractivity contribution in [1.29, 1.82) is 0 Å². The Morgan fingerprint density at radius 2 is 1.60 bits per heavy atom. The van der Waals surface area contributed by atoms with E-state index in [2.05, 4.69) is 4.98 Å². The Morgan fingerprint density at radius 3 is 2.35 bits per heavy atom. The summed E-state index contributed by atoms with van der Waals surface area (Å²) in [5, 5.41) is 1.79. The van der Waals surface area contributed by atoms with Gasteiger partial charge in [-0.3, -0.25) is 9.78 Å². The summed E-state index contributed by atoms with van der Waals surface area (Å²) in [4.78, 5) is 16.8. The molecular weight excluding hydrogens is 250 g/mol. The number of rotatable bonds is 0. The summed E-state index contributed by atoms with van der Waals surface area (Å²) in [6.07, 6.45) is 1.62. The molecule has 1 aliphatic rings. The van der Waals surface area contributed by atoms with E-state index in [0.717, 1.165) is 21.9 Å². The lowest BCUT2D eigenvalue weighted by Gasteiger charge is -2.20. The minimum absolute atomic E-state index is 0.0878. The molecule has 0 amide bonds. The van der Waals surface area contributed by atoms with Crippen molar-refractivity contribution in [2.45, 2.75) is 0 Å². The van der Waals surface area contributed by atoms with Crippen molar-refractivity contribution in [2.75, 3.05) is 11.5 Å². The van der Waals surface area contributed by atoms with E-state index < -0.39 is 0 Å². The zero-order valence-electron chi connectivity index (χ0n) is 10.6. The highest BCUT2D eigenvalue weighted by molar-refractivity contribution is 6.25. The van der Waals surface area contributed by atoms with Crippen molar-refractivity contribution < 1.29 is 4.79 Å². The molecule has 4 N–H and O–H groups in total. The highest BCUT2D eigenvalue weighted by Gasteiger charge is 2.26. The van der Waals surface area contributed by atoms with Crippen LogP contribution in [0.4, 0.5) is 11.4 Å². The highest BCUT2D eigenvalue weighted by Crippen LogP contribution is 2.40. The number of nitrogens with two attached hydrogens (primary N) is 2. The number of nitrogen functional groups attached to an aromatic ring is 2. The SMILES string of the molecule is Nc1cc2c3c(cc(N)cc3c1)-c1cccnc1C2=O. The van der Waals surface area contributed by atoms with Gasteiger partial charge in [0.1, 0.15) is 5.69 Å². The second-order valence-electron chi connectivity index (χ2n) is 4.96. The molecular formula is C16H11N3O. The fraction of sp³-hybridized carbons (Fsp3) is 0. The van der Waals surface area contributed by atoms with Gasteiger partial charge in [-0.05, 0) is 41.3 Å².